The number of halogens is 4. The van der Waals surface area contributed by atoms with Gasteiger partial charge in [0.25, 0.3) is 0 Å². The van der Waals surface area contributed by atoms with E-state index in [9.17, 15) is 30.8 Å². The highest BCUT2D eigenvalue weighted by Gasteiger charge is 2.33. The Balaban J connectivity index is 1.59. The Morgan fingerprint density at radius 1 is 1.20 bits per heavy atom. The van der Waals surface area contributed by atoms with Gasteiger partial charge >= 0.3 is 12.3 Å². The van der Waals surface area contributed by atoms with Crippen molar-refractivity contribution in [2.45, 2.75) is 36.3 Å². The maximum absolute atomic E-state index is 14.7. The summed E-state index contributed by atoms with van der Waals surface area (Å²) in [5.41, 5.74) is 1.20. The molecular weight excluding hydrogens is 568 g/mol. The van der Waals surface area contributed by atoms with E-state index in [1.54, 1.807) is 12.1 Å². The number of likely N-dealkylation sites (tertiary alicyclic amines) is 1. The largest absolute Gasteiger partial charge is 0.495 e. The molecule has 2 heterocycles. The zero-order valence-electron chi connectivity index (χ0n) is 22.1. The maximum Gasteiger partial charge on any atom is 0.407 e. The minimum absolute atomic E-state index is 0.0128. The van der Waals surface area contributed by atoms with E-state index in [1.807, 2.05) is 0 Å². The number of carbonyl (C=O) groups is 1. The lowest BCUT2D eigenvalue weighted by atomic mass is 10.0. The number of sulfone groups is 1. The first kappa shape index (κ1) is 29.9. The standard InChI is InChI=1S/C27H28F4N4O5S/c1-40-25-14-18(41(2,38)39)8-9-23(25)32-11-4-5-17-13-19-21(6-3-7-24(19)35(17)16-27(29,30)31)33-22-10-12-34(26(36)37)15-20(22)28/h3,6-9,13-14,20,22,32-33H,10-12,15-16H2,1-2H3,(H,36,37)/t20-,22-/m0/s1. The lowest BCUT2D eigenvalue weighted by molar-refractivity contribution is -0.140. The number of methoxy groups -OCH3 is 1. The molecule has 3 aromatic rings. The summed E-state index contributed by atoms with van der Waals surface area (Å²) in [5.74, 6) is 5.82. The third kappa shape index (κ3) is 7.15. The number of carboxylic acid groups (broad SMARTS) is 1. The van der Waals surface area contributed by atoms with E-state index < -0.39 is 40.9 Å². The fourth-order valence-electron chi connectivity index (χ4n) is 4.63. The number of amides is 1. The summed E-state index contributed by atoms with van der Waals surface area (Å²) in [5, 5.41) is 15.6. The average Bonchev–Trinajstić information content (AvgIpc) is 3.23. The minimum atomic E-state index is -4.54. The van der Waals surface area contributed by atoms with Crippen molar-refractivity contribution in [3.05, 3.63) is 48.2 Å². The lowest BCUT2D eigenvalue weighted by Gasteiger charge is -2.34. The van der Waals surface area contributed by atoms with Gasteiger partial charge in [0.05, 0.1) is 48.0 Å². The molecule has 14 heteroatoms. The number of fused-ring (bicyclic) bond motifs is 1. The van der Waals surface area contributed by atoms with Gasteiger partial charge in [-0.2, -0.15) is 13.2 Å². The summed E-state index contributed by atoms with van der Waals surface area (Å²) >= 11 is 0. The molecule has 41 heavy (non-hydrogen) atoms. The number of piperidine rings is 1. The Kier molecular flexibility index (Phi) is 8.58. The molecule has 0 spiro atoms. The van der Waals surface area contributed by atoms with E-state index >= 15 is 0 Å². The van der Waals surface area contributed by atoms with Crippen LogP contribution < -0.4 is 15.4 Å². The van der Waals surface area contributed by atoms with E-state index in [0.29, 0.717) is 16.8 Å². The van der Waals surface area contributed by atoms with Crippen LogP contribution in [0.5, 0.6) is 5.75 Å². The van der Waals surface area contributed by atoms with Crippen molar-refractivity contribution in [3.63, 3.8) is 0 Å². The molecule has 1 aliphatic heterocycles. The van der Waals surface area contributed by atoms with Crippen LogP contribution in [0.4, 0.5) is 33.7 Å². The number of aromatic nitrogens is 1. The predicted octanol–water partition coefficient (Wildman–Crippen LogP) is 4.58. The molecule has 2 atom stereocenters. The van der Waals surface area contributed by atoms with Crippen molar-refractivity contribution in [1.29, 1.82) is 0 Å². The van der Waals surface area contributed by atoms with Crippen molar-refractivity contribution in [3.8, 4) is 17.6 Å². The lowest BCUT2D eigenvalue weighted by Crippen LogP contribution is -2.49. The van der Waals surface area contributed by atoms with Crippen LogP contribution in [0.25, 0.3) is 10.9 Å². The molecule has 4 rings (SSSR count). The first-order chi connectivity index (χ1) is 19.3. The average molecular weight is 597 g/mol. The van der Waals surface area contributed by atoms with Gasteiger partial charge in [-0.3, -0.25) is 0 Å². The third-order valence-corrected chi connectivity index (χ3v) is 7.73. The Morgan fingerprint density at radius 3 is 2.59 bits per heavy atom. The number of alkyl halides is 4. The van der Waals surface area contributed by atoms with E-state index in [1.165, 1.54) is 37.4 Å². The van der Waals surface area contributed by atoms with Gasteiger partial charge in [-0.05, 0) is 42.7 Å². The second kappa shape index (κ2) is 11.8. The first-order valence-electron chi connectivity index (χ1n) is 12.4. The van der Waals surface area contributed by atoms with Gasteiger partial charge in [0.2, 0.25) is 0 Å². The second-order valence-corrected chi connectivity index (χ2v) is 11.6. The Bertz CT molecular complexity index is 1610. The normalized spacial score (nSPS) is 17.6. The predicted molar refractivity (Wildman–Crippen MR) is 146 cm³/mol. The highest BCUT2D eigenvalue weighted by Crippen LogP contribution is 2.32. The van der Waals surface area contributed by atoms with Crippen molar-refractivity contribution in [1.82, 2.24) is 9.47 Å². The molecular formula is C27H28F4N4O5S. The molecule has 9 nitrogen and oxygen atoms in total. The molecule has 1 aromatic heterocycles. The van der Waals surface area contributed by atoms with Crippen molar-refractivity contribution >= 4 is 38.2 Å². The topological polar surface area (TPSA) is 113 Å². The van der Waals surface area contributed by atoms with Crippen LogP contribution >= 0.6 is 0 Å². The number of hydrogen-bond donors (Lipinski definition) is 3. The van der Waals surface area contributed by atoms with E-state index in [0.717, 1.165) is 15.7 Å². The number of rotatable bonds is 7. The molecule has 3 N–H and O–H groups in total. The zero-order chi connectivity index (χ0) is 29.9. The highest BCUT2D eigenvalue weighted by molar-refractivity contribution is 7.90. The minimum Gasteiger partial charge on any atom is -0.495 e. The highest BCUT2D eigenvalue weighted by atomic mass is 32.2. The second-order valence-electron chi connectivity index (χ2n) is 9.54. The third-order valence-electron chi connectivity index (χ3n) is 6.62. The molecule has 1 aliphatic rings. The molecule has 220 valence electrons. The molecule has 0 bridgehead atoms. The van der Waals surface area contributed by atoms with E-state index in [4.69, 9.17) is 9.84 Å². The van der Waals surface area contributed by atoms with Crippen molar-refractivity contribution in [2.75, 3.05) is 43.6 Å². The molecule has 0 aliphatic carbocycles. The Hall–Kier alpha value is -4.12. The summed E-state index contributed by atoms with van der Waals surface area (Å²) in [4.78, 5) is 12.2. The van der Waals surface area contributed by atoms with Gasteiger partial charge in [-0.25, -0.2) is 17.6 Å². The summed E-state index contributed by atoms with van der Waals surface area (Å²) in [6.45, 7) is -1.45. The van der Waals surface area contributed by atoms with Gasteiger partial charge in [0.15, 0.2) is 9.84 Å². The van der Waals surface area contributed by atoms with E-state index in [2.05, 4.69) is 22.5 Å². The Labute approximate surface area is 234 Å². The maximum atomic E-state index is 14.7. The van der Waals surface area contributed by atoms with Crippen LogP contribution in [0.1, 0.15) is 12.1 Å². The number of nitrogens with one attached hydrogen (secondary N) is 2. The summed E-state index contributed by atoms with van der Waals surface area (Å²) in [7, 11) is -2.08. The molecule has 0 unspecified atom stereocenters. The fourth-order valence-corrected chi connectivity index (χ4v) is 5.26. The van der Waals surface area contributed by atoms with Crippen LogP contribution in [-0.4, -0.2) is 80.5 Å². The smallest absolute Gasteiger partial charge is 0.407 e. The summed E-state index contributed by atoms with van der Waals surface area (Å²) in [6.07, 6.45) is -5.98. The quantitative estimate of drug-likeness (QED) is 0.270. The Morgan fingerprint density at radius 2 is 1.95 bits per heavy atom. The summed E-state index contributed by atoms with van der Waals surface area (Å²) in [6, 6.07) is 9.75. The van der Waals surface area contributed by atoms with Crippen LogP contribution in [0.2, 0.25) is 0 Å². The molecule has 2 aromatic carbocycles. The van der Waals surface area contributed by atoms with Crippen LogP contribution in [0, 0.1) is 11.8 Å². The monoisotopic (exact) mass is 596 g/mol. The molecule has 1 saturated heterocycles. The van der Waals surface area contributed by atoms with Gasteiger partial charge in [-0.15, -0.1) is 0 Å². The number of ether oxygens (including phenoxy) is 1. The summed E-state index contributed by atoms with van der Waals surface area (Å²) < 4.78 is 85.1. The molecule has 0 saturated carbocycles. The first-order valence-corrected chi connectivity index (χ1v) is 14.3. The van der Waals surface area contributed by atoms with Gasteiger partial charge < -0.3 is 29.9 Å². The van der Waals surface area contributed by atoms with Crippen molar-refractivity contribution < 1.29 is 40.6 Å². The van der Waals surface area contributed by atoms with Crippen molar-refractivity contribution in [2.24, 2.45) is 0 Å². The SMILES string of the molecule is COc1cc(S(C)(=O)=O)ccc1NCC#Cc1cc2c(N[C@H]3CCN(C(=O)O)C[C@@H]3F)cccc2n1CC(F)(F)F. The van der Waals surface area contributed by atoms with Gasteiger partial charge in [0, 0.05) is 29.9 Å². The number of benzene rings is 2. The van der Waals surface area contributed by atoms with Crippen LogP contribution in [-0.2, 0) is 16.4 Å². The van der Waals surface area contributed by atoms with Crippen LogP contribution in [0.3, 0.4) is 0 Å². The number of anilines is 2. The zero-order valence-corrected chi connectivity index (χ0v) is 22.9. The molecule has 0 radical (unpaired) electrons. The molecule has 1 fully saturated rings. The molecule has 1 amide bonds. The van der Waals surface area contributed by atoms with Gasteiger partial charge in [0.1, 0.15) is 18.5 Å². The van der Waals surface area contributed by atoms with E-state index in [-0.39, 0.29) is 47.9 Å². The fraction of sp³-hybridized carbons (Fsp3) is 0.370. The van der Waals surface area contributed by atoms with Gasteiger partial charge in [-0.1, -0.05) is 12.0 Å². The van der Waals surface area contributed by atoms with Crippen LogP contribution in [0.15, 0.2) is 47.4 Å². The number of nitrogens with zero attached hydrogens (tertiary/aromatic N) is 2. The number of hydrogen-bond acceptors (Lipinski definition) is 6.